The second kappa shape index (κ2) is 8.95. The Morgan fingerprint density at radius 2 is 1.65 bits per heavy atom. The zero-order valence-corrected chi connectivity index (χ0v) is 19.0. The van der Waals surface area contributed by atoms with Crippen LogP contribution in [0.2, 0.25) is 0 Å². The summed E-state index contributed by atoms with van der Waals surface area (Å²) in [6.07, 6.45) is 2.95. The predicted molar refractivity (Wildman–Crippen MR) is 127 cm³/mol. The van der Waals surface area contributed by atoms with E-state index in [0.29, 0.717) is 49.7 Å². The predicted octanol–water partition coefficient (Wildman–Crippen LogP) is 3.42. The van der Waals surface area contributed by atoms with Gasteiger partial charge in [0.05, 0.1) is 25.7 Å². The Bertz CT molecular complexity index is 1180. The summed E-state index contributed by atoms with van der Waals surface area (Å²) in [5.41, 5.74) is 2.34. The molecule has 6 nitrogen and oxygen atoms in total. The first-order valence-corrected chi connectivity index (χ1v) is 11.3. The summed E-state index contributed by atoms with van der Waals surface area (Å²) in [6.45, 7) is 1.52. The molecule has 1 aliphatic heterocycles. The van der Waals surface area contributed by atoms with E-state index in [1.165, 1.54) is 0 Å². The van der Waals surface area contributed by atoms with Gasteiger partial charge >= 0.3 is 0 Å². The van der Waals surface area contributed by atoms with Crippen LogP contribution in [0.1, 0.15) is 27.0 Å². The van der Waals surface area contributed by atoms with Gasteiger partial charge in [0.25, 0.3) is 5.91 Å². The second-order valence-corrected chi connectivity index (χ2v) is 9.05. The van der Waals surface area contributed by atoms with Crippen molar-refractivity contribution < 1.29 is 23.8 Å². The topological polar surface area (TPSA) is 73.9 Å². The first-order valence-electron chi connectivity index (χ1n) is 11.3. The molecule has 1 saturated heterocycles. The van der Waals surface area contributed by atoms with Crippen LogP contribution in [-0.2, 0) is 27.8 Å². The number of carbonyl (C=O) groups excluding carboxylic acids is 2. The minimum Gasteiger partial charge on any atom is -0.493 e. The van der Waals surface area contributed by atoms with Gasteiger partial charge in [0, 0.05) is 18.4 Å². The van der Waals surface area contributed by atoms with E-state index in [9.17, 15) is 9.59 Å². The monoisotopic (exact) mass is 456 g/mol. The van der Waals surface area contributed by atoms with E-state index in [2.05, 4.69) is 23.7 Å². The first kappa shape index (κ1) is 22.2. The lowest BCUT2D eigenvalue weighted by molar-refractivity contribution is -0.0797. The minimum absolute atomic E-state index is 0.239. The molecule has 0 bridgehead atoms. The van der Waals surface area contributed by atoms with Gasteiger partial charge in [0.2, 0.25) is 6.29 Å². The molecule has 1 N–H and O–H groups in total. The van der Waals surface area contributed by atoms with Gasteiger partial charge in [0.15, 0.2) is 11.5 Å². The van der Waals surface area contributed by atoms with Crippen LogP contribution in [0.5, 0.6) is 11.5 Å². The van der Waals surface area contributed by atoms with Gasteiger partial charge in [-0.1, -0.05) is 54.6 Å². The zero-order chi connectivity index (χ0) is 23.6. The molecule has 0 aromatic heterocycles. The number of hydrogen-bond donors (Lipinski definition) is 1. The van der Waals surface area contributed by atoms with Crippen molar-refractivity contribution in [2.45, 2.75) is 23.8 Å². The summed E-state index contributed by atoms with van der Waals surface area (Å²) in [5.74, 6) is 0.648. The average molecular weight is 457 g/mol. The first-order chi connectivity index (χ1) is 16.6. The molecule has 0 unspecified atom stereocenters. The van der Waals surface area contributed by atoms with Crippen LogP contribution in [0.25, 0.3) is 0 Å². The lowest BCUT2D eigenvalue weighted by Gasteiger charge is -2.41. The Kier molecular flexibility index (Phi) is 5.84. The highest BCUT2D eigenvalue weighted by molar-refractivity contribution is 5.97. The Morgan fingerprint density at radius 1 is 0.971 bits per heavy atom. The van der Waals surface area contributed by atoms with E-state index >= 15 is 0 Å². The lowest BCUT2D eigenvalue weighted by Crippen LogP contribution is -2.51. The summed E-state index contributed by atoms with van der Waals surface area (Å²) < 4.78 is 17.2. The largest absolute Gasteiger partial charge is 0.493 e. The third-order valence-corrected chi connectivity index (χ3v) is 6.72. The molecular weight excluding hydrogens is 430 g/mol. The van der Waals surface area contributed by atoms with Gasteiger partial charge in [-0.25, -0.2) is 0 Å². The number of rotatable bonds is 8. The number of nitrogens with one attached hydrogen (secondary N) is 1. The maximum Gasteiger partial charge on any atom is 0.252 e. The molecule has 6 heteroatoms. The second-order valence-electron chi connectivity index (χ2n) is 9.05. The third kappa shape index (κ3) is 4.05. The van der Waals surface area contributed by atoms with Crippen LogP contribution in [-0.4, -0.2) is 44.7 Å². The summed E-state index contributed by atoms with van der Waals surface area (Å²) in [4.78, 5) is 25.1. The molecule has 5 rings (SSSR count). The maximum atomic E-state index is 13.2. The van der Waals surface area contributed by atoms with Crippen LogP contribution >= 0.6 is 0 Å². The number of methoxy groups -OCH3 is 1. The lowest BCUT2D eigenvalue weighted by atomic mass is 9.79. The van der Waals surface area contributed by atoms with Crippen LogP contribution in [0.3, 0.4) is 0 Å². The Balaban J connectivity index is 1.34. The summed E-state index contributed by atoms with van der Waals surface area (Å²) in [7, 11) is 1.56. The van der Waals surface area contributed by atoms with Gasteiger partial charge in [-0.15, -0.1) is 0 Å². The standard InChI is InChI=1S/C28H26NO5/c1-32-24-12-11-20(26(31)29-28(16-30)14-21-7-5-6-8-22(21)15-28)13-25(24)34-19-27(17-33-18-27)23-9-3-2-4-10-23/h2-13H,14-15,17-19H2,1H3,(H,29,31). The van der Waals surface area contributed by atoms with E-state index < -0.39 is 5.54 Å². The average Bonchev–Trinajstić information content (AvgIpc) is 3.22. The van der Waals surface area contributed by atoms with Gasteiger partial charge in [-0.2, -0.15) is 0 Å². The van der Waals surface area contributed by atoms with Crippen LogP contribution < -0.4 is 14.8 Å². The number of hydrogen-bond acceptors (Lipinski definition) is 5. The molecule has 1 radical (unpaired) electrons. The fourth-order valence-electron chi connectivity index (χ4n) is 4.71. The van der Waals surface area contributed by atoms with E-state index in [4.69, 9.17) is 14.2 Å². The van der Waals surface area contributed by atoms with Crippen molar-refractivity contribution in [1.29, 1.82) is 0 Å². The van der Waals surface area contributed by atoms with Crippen molar-refractivity contribution in [3.8, 4) is 11.5 Å². The molecule has 3 aromatic carbocycles. The molecular formula is C28H26NO5. The number of fused-ring (bicyclic) bond motifs is 1. The van der Waals surface area contributed by atoms with Crippen molar-refractivity contribution in [2.75, 3.05) is 26.9 Å². The minimum atomic E-state index is -1.07. The number of amides is 1. The summed E-state index contributed by atoms with van der Waals surface area (Å²) in [5, 5.41) is 2.91. The molecule has 34 heavy (non-hydrogen) atoms. The molecule has 2 aliphatic rings. The molecule has 1 heterocycles. The van der Waals surface area contributed by atoms with Crippen LogP contribution in [0, 0.1) is 0 Å². The SMILES string of the molecule is COc1ccc(C(=O)NC2([C]=O)Cc3ccccc3C2)cc1OCC1(c2ccccc2)COC1. The maximum absolute atomic E-state index is 13.2. The normalized spacial score (nSPS) is 17.2. The third-order valence-electron chi connectivity index (χ3n) is 6.72. The quantitative estimate of drug-likeness (QED) is 0.562. The molecule has 0 spiro atoms. The molecule has 1 aliphatic carbocycles. The summed E-state index contributed by atoms with van der Waals surface area (Å²) >= 11 is 0. The smallest absolute Gasteiger partial charge is 0.252 e. The van der Waals surface area contributed by atoms with Crippen molar-refractivity contribution in [3.05, 3.63) is 95.1 Å². The molecule has 1 fully saturated rings. The van der Waals surface area contributed by atoms with Gasteiger partial charge in [-0.3, -0.25) is 9.59 Å². The van der Waals surface area contributed by atoms with Crippen molar-refractivity contribution >= 4 is 12.2 Å². The summed E-state index contributed by atoms with van der Waals surface area (Å²) in [6, 6.07) is 23.0. The van der Waals surface area contributed by atoms with Crippen molar-refractivity contribution in [1.82, 2.24) is 5.32 Å². The highest BCUT2D eigenvalue weighted by Gasteiger charge is 2.42. The van der Waals surface area contributed by atoms with E-state index in [1.54, 1.807) is 25.3 Å². The highest BCUT2D eigenvalue weighted by Crippen LogP contribution is 2.36. The molecule has 0 saturated carbocycles. The zero-order valence-electron chi connectivity index (χ0n) is 19.0. The van der Waals surface area contributed by atoms with Crippen molar-refractivity contribution in [2.24, 2.45) is 0 Å². The van der Waals surface area contributed by atoms with Gasteiger partial charge < -0.3 is 19.5 Å². The van der Waals surface area contributed by atoms with Crippen LogP contribution in [0.4, 0.5) is 0 Å². The fourth-order valence-corrected chi connectivity index (χ4v) is 4.71. The number of benzene rings is 3. The van der Waals surface area contributed by atoms with E-state index in [-0.39, 0.29) is 11.3 Å². The van der Waals surface area contributed by atoms with E-state index in [0.717, 1.165) is 16.7 Å². The Morgan fingerprint density at radius 3 is 2.24 bits per heavy atom. The van der Waals surface area contributed by atoms with Crippen LogP contribution in [0.15, 0.2) is 72.8 Å². The molecule has 0 atom stereocenters. The number of carbonyl (C=O) groups is 1. The van der Waals surface area contributed by atoms with Gasteiger partial charge in [-0.05, 0) is 34.9 Å². The fraction of sp³-hybridized carbons (Fsp3) is 0.286. The number of ether oxygens (including phenoxy) is 3. The Hall–Kier alpha value is -3.64. The van der Waals surface area contributed by atoms with Gasteiger partial charge in [0.1, 0.15) is 12.1 Å². The molecule has 1 amide bonds. The Labute approximate surface area is 198 Å². The highest BCUT2D eigenvalue weighted by atomic mass is 16.5. The molecule has 3 aromatic rings. The van der Waals surface area contributed by atoms with Crippen molar-refractivity contribution in [3.63, 3.8) is 0 Å². The molecule has 173 valence electrons. The van der Waals surface area contributed by atoms with E-state index in [1.807, 2.05) is 42.5 Å².